The van der Waals surface area contributed by atoms with Crippen LogP contribution in [0, 0.1) is 5.89 Å². The molecule has 0 saturated heterocycles. The van der Waals surface area contributed by atoms with Crippen molar-refractivity contribution in [1.82, 2.24) is 4.90 Å². The molecule has 0 heterocycles. The first-order chi connectivity index (χ1) is 9.19. The minimum Gasteiger partial charge on any atom is -0.338 e. The number of hydrogen-bond acceptors (Lipinski definition) is 1. The van der Waals surface area contributed by atoms with Gasteiger partial charge in [-0.2, -0.15) is 0 Å². The third-order valence-corrected chi connectivity index (χ3v) is 2.87. The van der Waals surface area contributed by atoms with E-state index < -0.39 is 12.3 Å². The number of carbonyl (C=O) groups is 1. The minimum absolute atomic E-state index is 0.0233. The first-order valence-electron chi connectivity index (χ1n) is 7.57. The van der Waals surface area contributed by atoms with Gasteiger partial charge in [-0.25, -0.2) is 0 Å². The van der Waals surface area contributed by atoms with Gasteiger partial charge in [-0.15, -0.1) is 0 Å². The maximum absolute atomic E-state index is 12.7. The molecule has 1 aromatic rings. The molecule has 0 aliphatic heterocycles. The zero-order chi connectivity index (χ0) is 15.5. The maximum Gasteiger partial charge on any atom is 0.226 e. The number of nitrogens with zero attached hydrogens (tertiary/aromatic N) is 1. The number of hydrogen-bond donors (Lipinski definition) is 0. The summed E-state index contributed by atoms with van der Waals surface area (Å²) in [7, 11) is 0. The van der Waals surface area contributed by atoms with Crippen molar-refractivity contribution in [1.29, 1.82) is 0 Å². The summed E-state index contributed by atoms with van der Waals surface area (Å²) in [6, 6.07) is 9.18. The third kappa shape index (κ3) is 3.86. The summed E-state index contributed by atoms with van der Waals surface area (Å²) in [6.45, 7) is 9.30. The molecule has 18 heavy (non-hydrogen) atoms. The number of rotatable bonds is 5. The molecule has 0 fully saturated rings. The molecule has 0 unspecified atom stereocenters. The van der Waals surface area contributed by atoms with Crippen LogP contribution in [0.2, 0.25) is 0 Å². The quantitative estimate of drug-likeness (QED) is 0.782. The fourth-order valence-electron chi connectivity index (χ4n) is 2.13. The van der Waals surface area contributed by atoms with Crippen molar-refractivity contribution in [2.45, 2.75) is 53.1 Å². The molecule has 1 rings (SSSR count). The van der Waals surface area contributed by atoms with Gasteiger partial charge < -0.3 is 4.90 Å². The lowest BCUT2D eigenvalue weighted by atomic mass is 9.98. The Morgan fingerprint density at radius 2 is 1.67 bits per heavy atom. The Labute approximate surface area is 114 Å². The van der Waals surface area contributed by atoms with Gasteiger partial charge in [-0.1, -0.05) is 37.3 Å². The average Bonchev–Trinajstić information content (AvgIpc) is 2.37. The Morgan fingerprint density at radius 3 is 2.11 bits per heavy atom. The van der Waals surface area contributed by atoms with Crippen molar-refractivity contribution in [2.24, 2.45) is 5.89 Å². The van der Waals surface area contributed by atoms with Crippen molar-refractivity contribution in [3.8, 4) is 0 Å². The van der Waals surface area contributed by atoms with Gasteiger partial charge in [0.05, 0.1) is 0 Å². The highest BCUT2D eigenvalue weighted by atomic mass is 16.2. The molecule has 0 N–H and O–H groups in total. The van der Waals surface area contributed by atoms with Crippen LogP contribution in [0.25, 0.3) is 0 Å². The Balaban J connectivity index is 3.05. The highest BCUT2D eigenvalue weighted by Gasteiger charge is 2.24. The normalized spacial score (nSPS) is 17.9. The Hall–Kier alpha value is -1.31. The van der Waals surface area contributed by atoms with Crippen LogP contribution in [0.15, 0.2) is 30.3 Å². The van der Waals surface area contributed by atoms with Crippen LogP contribution in [0.4, 0.5) is 0 Å². The molecule has 0 spiro atoms. The summed E-state index contributed by atoms with van der Waals surface area (Å²) in [5.74, 6) is -1.78. The molecule has 0 radical (unpaired) electrons. The summed E-state index contributed by atoms with van der Waals surface area (Å²) in [6.07, 6.45) is -0.892. The van der Waals surface area contributed by atoms with Crippen LogP contribution in [-0.2, 0) is 11.2 Å². The molecule has 100 valence electrons. The van der Waals surface area contributed by atoms with Crippen molar-refractivity contribution in [3.05, 3.63) is 35.9 Å². The molecule has 0 aromatic heterocycles. The van der Waals surface area contributed by atoms with Crippen LogP contribution in [0.3, 0.4) is 0 Å². The third-order valence-electron chi connectivity index (χ3n) is 2.87. The molecular formula is C16H25NO. The van der Waals surface area contributed by atoms with Crippen LogP contribution in [0.1, 0.15) is 42.9 Å². The molecule has 1 amide bonds. The lowest BCUT2D eigenvalue weighted by Gasteiger charge is -2.33. The molecular weight excluding hydrogens is 222 g/mol. The predicted molar refractivity (Wildman–Crippen MR) is 76.4 cm³/mol. The average molecular weight is 249 g/mol. The van der Waals surface area contributed by atoms with Gasteiger partial charge in [-0.05, 0) is 39.7 Å². The largest absolute Gasteiger partial charge is 0.338 e. The molecule has 0 bridgehead atoms. The van der Waals surface area contributed by atoms with Gasteiger partial charge in [0.25, 0.3) is 0 Å². The fraction of sp³-hybridized carbons (Fsp3) is 0.562. The van der Waals surface area contributed by atoms with E-state index in [4.69, 9.17) is 2.74 Å². The number of benzene rings is 1. The summed E-state index contributed by atoms with van der Waals surface area (Å²) in [5, 5.41) is 0. The predicted octanol–water partition coefficient (Wildman–Crippen LogP) is 3.51. The van der Waals surface area contributed by atoms with Crippen LogP contribution >= 0.6 is 0 Å². The van der Waals surface area contributed by atoms with E-state index in [1.165, 1.54) is 6.92 Å². The van der Waals surface area contributed by atoms with Crippen molar-refractivity contribution in [2.75, 3.05) is 0 Å². The van der Waals surface area contributed by atoms with Crippen molar-refractivity contribution < 1.29 is 7.54 Å². The molecule has 2 heteroatoms. The molecule has 1 aromatic carbocycles. The van der Waals surface area contributed by atoms with Gasteiger partial charge in [0.2, 0.25) is 5.91 Å². The molecule has 0 saturated carbocycles. The smallest absolute Gasteiger partial charge is 0.226 e. The Morgan fingerprint density at radius 1 is 1.17 bits per heavy atom. The van der Waals surface area contributed by atoms with Gasteiger partial charge in [0, 0.05) is 20.7 Å². The first-order valence-corrected chi connectivity index (χ1v) is 6.49. The lowest BCUT2D eigenvalue weighted by Crippen LogP contribution is -2.45. The van der Waals surface area contributed by atoms with E-state index in [0.717, 1.165) is 0 Å². The topological polar surface area (TPSA) is 20.3 Å². The first kappa shape index (κ1) is 11.8. The van der Waals surface area contributed by atoms with E-state index in [1.54, 1.807) is 17.0 Å². The fourth-order valence-corrected chi connectivity index (χ4v) is 2.13. The molecule has 0 aliphatic carbocycles. The van der Waals surface area contributed by atoms with Gasteiger partial charge >= 0.3 is 0 Å². The molecule has 0 aliphatic rings. The Kier molecular flexibility index (Phi) is 4.30. The van der Waals surface area contributed by atoms with Crippen LogP contribution < -0.4 is 0 Å². The summed E-state index contributed by atoms with van der Waals surface area (Å²) < 4.78 is 16.7. The van der Waals surface area contributed by atoms with Crippen molar-refractivity contribution >= 4 is 5.91 Å². The van der Waals surface area contributed by atoms with Crippen LogP contribution in [0.5, 0.6) is 0 Å². The van der Waals surface area contributed by atoms with E-state index in [2.05, 4.69) is 0 Å². The lowest BCUT2D eigenvalue weighted by molar-refractivity contribution is -0.138. The zero-order valence-electron chi connectivity index (χ0n) is 14.0. The Bertz CT molecular complexity index is 435. The highest BCUT2D eigenvalue weighted by Crippen LogP contribution is 2.15. The van der Waals surface area contributed by atoms with E-state index in [9.17, 15) is 4.79 Å². The second-order valence-corrected chi connectivity index (χ2v) is 5.14. The monoisotopic (exact) mass is 249 g/mol. The minimum atomic E-state index is -1.49. The van der Waals surface area contributed by atoms with Crippen molar-refractivity contribution in [3.63, 3.8) is 0 Å². The zero-order valence-corrected chi connectivity index (χ0v) is 12.0. The summed E-state index contributed by atoms with van der Waals surface area (Å²) >= 11 is 0. The maximum atomic E-state index is 12.7. The summed E-state index contributed by atoms with van der Waals surface area (Å²) in [4.78, 5) is 14.4. The standard InChI is InChI=1S/C16H25NO/c1-12(2)17(13(3)4)16(18)14(5)11-15-9-7-6-8-10-15/h6-10,12-14H,11H2,1-5H3/t14-/m0/s1/i11D,14D/t11-,14-. The van der Waals surface area contributed by atoms with Gasteiger partial charge in [0.15, 0.2) is 0 Å². The second-order valence-electron chi connectivity index (χ2n) is 5.14. The summed E-state index contributed by atoms with van der Waals surface area (Å²) in [5.41, 5.74) is 0.700. The molecule has 2 nitrogen and oxygen atoms in total. The van der Waals surface area contributed by atoms with E-state index in [0.29, 0.717) is 5.56 Å². The van der Waals surface area contributed by atoms with E-state index >= 15 is 0 Å². The van der Waals surface area contributed by atoms with Gasteiger partial charge in [-0.3, -0.25) is 4.79 Å². The number of carbonyl (C=O) groups excluding carboxylic acids is 1. The second kappa shape index (κ2) is 6.58. The number of amides is 1. The van der Waals surface area contributed by atoms with Crippen LogP contribution in [-0.4, -0.2) is 22.9 Å². The highest BCUT2D eigenvalue weighted by molar-refractivity contribution is 5.79. The molecule has 2 atom stereocenters. The SMILES string of the molecule is [2H][C@H](c1ccccc1)[C@]([2H])(C)C(=O)N(C(C)C)C(C)C. The van der Waals surface area contributed by atoms with Gasteiger partial charge in [0.1, 0.15) is 0 Å². The van der Waals surface area contributed by atoms with E-state index in [-0.39, 0.29) is 18.0 Å². The van der Waals surface area contributed by atoms with E-state index in [1.807, 2.05) is 45.9 Å².